The lowest BCUT2D eigenvalue weighted by Crippen LogP contribution is -1.93. The van der Waals surface area contributed by atoms with E-state index in [4.69, 9.17) is 5.41 Å². The third kappa shape index (κ3) is 1.84. The largest absolute Gasteiger partial charge is 0.305 e. The summed E-state index contributed by atoms with van der Waals surface area (Å²) in [4.78, 5) is 0.887. The molecule has 1 N–H and O–H groups in total. The summed E-state index contributed by atoms with van der Waals surface area (Å²) in [6.45, 7) is 3.78. The van der Waals surface area contributed by atoms with Crippen LogP contribution in [0.4, 0.5) is 0 Å². The number of aryl methyl sites for hydroxylation is 1. The highest BCUT2D eigenvalue weighted by atomic mass is 32.1. The molecule has 0 aromatic heterocycles. The SMILES string of the molecule is CC(=N)c1ccc(C)cc1S. The number of rotatable bonds is 1. The van der Waals surface area contributed by atoms with Gasteiger partial charge in [0.2, 0.25) is 0 Å². The third-order valence-corrected chi connectivity index (χ3v) is 1.93. The van der Waals surface area contributed by atoms with Gasteiger partial charge in [-0.15, -0.1) is 12.6 Å². The molecule has 1 aromatic carbocycles. The maximum atomic E-state index is 7.40. The lowest BCUT2D eigenvalue weighted by Gasteiger charge is -2.02. The Morgan fingerprint density at radius 3 is 2.55 bits per heavy atom. The molecule has 58 valence electrons. The number of benzene rings is 1. The van der Waals surface area contributed by atoms with Crippen molar-refractivity contribution in [3.05, 3.63) is 29.3 Å². The Hall–Kier alpha value is -0.760. The van der Waals surface area contributed by atoms with Crippen LogP contribution in [-0.4, -0.2) is 5.71 Å². The van der Waals surface area contributed by atoms with Gasteiger partial charge in [0, 0.05) is 16.2 Å². The number of nitrogens with one attached hydrogen (secondary N) is 1. The minimum absolute atomic E-state index is 0.565. The molecule has 0 aliphatic carbocycles. The molecule has 0 aliphatic rings. The average Bonchev–Trinajstić information content (AvgIpc) is 1.85. The van der Waals surface area contributed by atoms with Crippen LogP contribution >= 0.6 is 12.6 Å². The second-order valence-corrected chi connectivity index (χ2v) is 3.13. The number of hydrogen-bond acceptors (Lipinski definition) is 2. The van der Waals surface area contributed by atoms with Crippen molar-refractivity contribution in [2.24, 2.45) is 0 Å². The molecule has 0 fully saturated rings. The van der Waals surface area contributed by atoms with Crippen molar-refractivity contribution in [3.8, 4) is 0 Å². The van der Waals surface area contributed by atoms with Gasteiger partial charge in [-0.1, -0.05) is 12.1 Å². The van der Waals surface area contributed by atoms with Crippen molar-refractivity contribution in [3.63, 3.8) is 0 Å². The van der Waals surface area contributed by atoms with Crippen molar-refractivity contribution < 1.29 is 0 Å². The summed E-state index contributed by atoms with van der Waals surface area (Å²) in [5.74, 6) is 0. The van der Waals surface area contributed by atoms with Crippen LogP contribution in [0.3, 0.4) is 0 Å². The van der Waals surface area contributed by atoms with Gasteiger partial charge in [0.15, 0.2) is 0 Å². The first-order chi connectivity index (χ1) is 5.11. The Bertz CT molecular complexity index is 292. The Balaban J connectivity index is 3.20. The number of thiol groups is 1. The molecule has 0 heterocycles. The zero-order valence-electron chi connectivity index (χ0n) is 6.68. The van der Waals surface area contributed by atoms with E-state index in [9.17, 15) is 0 Å². The standard InChI is InChI=1S/C9H11NS/c1-6-3-4-8(7(2)10)9(11)5-6/h3-5,10-11H,1-2H3. The van der Waals surface area contributed by atoms with E-state index in [1.54, 1.807) is 6.92 Å². The highest BCUT2D eigenvalue weighted by molar-refractivity contribution is 7.80. The molecule has 0 spiro atoms. The first kappa shape index (κ1) is 8.34. The van der Waals surface area contributed by atoms with Crippen LogP contribution in [0.15, 0.2) is 23.1 Å². The molecule has 0 saturated carbocycles. The topological polar surface area (TPSA) is 23.9 Å². The fourth-order valence-corrected chi connectivity index (χ4v) is 1.40. The fourth-order valence-electron chi connectivity index (χ4n) is 0.959. The summed E-state index contributed by atoms with van der Waals surface area (Å²) >= 11 is 4.27. The minimum atomic E-state index is 0.565. The first-order valence-electron chi connectivity index (χ1n) is 3.46. The second-order valence-electron chi connectivity index (χ2n) is 2.65. The van der Waals surface area contributed by atoms with Gasteiger partial charge in [-0.3, -0.25) is 0 Å². The molecule has 0 radical (unpaired) electrons. The summed E-state index contributed by atoms with van der Waals surface area (Å²) in [5.41, 5.74) is 2.66. The van der Waals surface area contributed by atoms with Crippen LogP contribution in [-0.2, 0) is 0 Å². The molecule has 0 aliphatic heterocycles. The van der Waals surface area contributed by atoms with Gasteiger partial charge in [-0.05, 0) is 25.5 Å². The van der Waals surface area contributed by atoms with Crippen LogP contribution < -0.4 is 0 Å². The van der Waals surface area contributed by atoms with Crippen LogP contribution in [0, 0.1) is 12.3 Å². The van der Waals surface area contributed by atoms with E-state index in [1.807, 2.05) is 25.1 Å². The van der Waals surface area contributed by atoms with E-state index < -0.39 is 0 Å². The van der Waals surface area contributed by atoms with E-state index >= 15 is 0 Å². The van der Waals surface area contributed by atoms with Gasteiger partial charge in [0.25, 0.3) is 0 Å². The molecule has 0 atom stereocenters. The smallest absolute Gasteiger partial charge is 0.0366 e. The lowest BCUT2D eigenvalue weighted by molar-refractivity contribution is 1.32. The molecule has 1 aromatic rings. The van der Waals surface area contributed by atoms with E-state index in [0.29, 0.717) is 5.71 Å². The summed E-state index contributed by atoms with van der Waals surface area (Å²) in [6, 6.07) is 5.89. The molecule has 0 amide bonds. The van der Waals surface area contributed by atoms with E-state index in [2.05, 4.69) is 12.6 Å². The van der Waals surface area contributed by atoms with Gasteiger partial charge in [0.05, 0.1) is 0 Å². The van der Waals surface area contributed by atoms with Gasteiger partial charge in [0.1, 0.15) is 0 Å². The molecular weight excluding hydrogens is 154 g/mol. The van der Waals surface area contributed by atoms with Gasteiger partial charge in [-0.2, -0.15) is 0 Å². The van der Waals surface area contributed by atoms with E-state index in [-0.39, 0.29) is 0 Å². The molecule has 0 saturated heterocycles. The molecule has 0 unspecified atom stereocenters. The monoisotopic (exact) mass is 165 g/mol. The summed E-state index contributed by atoms with van der Waals surface area (Å²) in [6.07, 6.45) is 0. The molecular formula is C9H11NS. The maximum Gasteiger partial charge on any atom is 0.0366 e. The quantitative estimate of drug-likeness (QED) is 0.472. The summed E-state index contributed by atoms with van der Waals surface area (Å²) in [7, 11) is 0. The molecule has 2 heteroatoms. The van der Waals surface area contributed by atoms with Crippen LogP contribution in [0.1, 0.15) is 18.1 Å². The van der Waals surface area contributed by atoms with Crippen LogP contribution in [0.2, 0.25) is 0 Å². The van der Waals surface area contributed by atoms with Crippen molar-refractivity contribution in [2.75, 3.05) is 0 Å². The highest BCUT2D eigenvalue weighted by Gasteiger charge is 1.99. The maximum absolute atomic E-state index is 7.40. The third-order valence-electron chi connectivity index (χ3n) is 1.56. The highest BCUT2D eigenvalue weighted by Crippen LogP contribution is 2.15. The van der Waals surface area contributed by atoms with E-state index in [1.165, 1.54) is 5.56 Å². The Kier molecular flexibility index (Phi) is 2.35. The average molecular weight is 165 g/mol. The van der Waals surface area contributed by atoms with E-state index in [0.717, 1.165) is 10.5 Å². The van der Waals surface area contributed by atoms with Crippen molar-refractivity contribution in [1.82, 2.24) is 0 Å². The zero-order valence-corrected chi connectivity index (χ0v) is 7.57. The van der Waals surface area contributed by atoms with Gasteiger partial charge in [-0.25, -0.2) is 0 Å². The predicted molar refractivity (Wildman–Crippen MR) is 50.9 cm³/mol. The minimum Gasteiger partial charge on any atom is -0.305 e. The normalized spacial score (nSPS) is 9.73. The summed E-state index contributed by atoms with van der Waals surface area (Å²) < 4.78 is 0. The zero-order chi connectivity index (χ0) is 8.43. The second kappa shape index (κ2) is 3.09. The van der Waals surface area contributed by atoms with Crippen molar-refractivity contribution in [2.45, 2.75) is 18.7 Å². The van der Waals surface area contributed by atoms with Crippen LogP contribution in [0.5, 0.6) is 0 Å². The lowest BCUT2D eigenvalue weighted by atomic mass is 10.1. The van der Waals surface area contributed by atoms with Crippen molar-refractivity contribution >= 4 is 18.3 Å². The fraction of sp³-hybridized carbons (Fsp3) is 0.222. The number of hydrogen-bond donors (Lipinski definition) is 2. The Labute approximate surface area is 72.4 Å². The predicted octanol–water partition coefficient (Wildman–Crippen LogP) is 2.67. The van der Waals surface area contributed by atoms with Gasteiger partial charge < -0.3 is 5.41 Å². The van der Waals surface area contributed by atoms with Gasteiger partial charge >= 0.3 is 0 Å². The molecule has 1 nitrogen and oxygen atoms in total. The Morgan fingerprint density at radius 1 is 1.45 bits per heavy atom. The Morgan fingerprint density at radius 2 is 2.09 bits per heavy atom. The first-order valence-corrected chi connectivity index (χ1v) is 3.91. The van der Waals surface area contributed by atoms with Crippen molar-refractivity contribution in [1.29, 1.82) is 5.41 Å². The van der Waals surface area contributed by atoms with Crippen LogP contribution in [0.25, 0.3) is 0 Å². The molecule has 0 bridgehead atoms. The summed E-state index contributed by atoms with van der Waals surface area (Å²) in [5, 5.41) is 7.40. The molecule has 11 heavy (non-hydrogen) atoms. The molecule has 1 rings (SSSR count).